The van der Waals surface area contributed by atoms with Gasteiger partial charge < -0.3 is 21.0 Å². The number of hydrogen-bond donors (Lipinski definition) is 3. The number of amidine groups is 1. The molecule has 2 atom stereocenters. The van der Waals surface area contributed by atoms with E-state index in [0.717, 1.165) is 12.8 Å². The van der Waals surface area contributed by atoms with E-state index < -0.39 is 15.9 Å². The highest BCUT2D eigenvalue weighted by atomic mass is 32.2. The summed E-state index contributed by atoms with van der Waals surface area (Å²) >= 11 is 0. The summed E-state index contributed by atoms with van der Waals surface area (Å²) in [5.74, 6) is 0.324. The highest BCUT2D eigenvalue weighted by Gasteiger charge is 2.30. The van der Waals surface area contributed by atoms with Crippen LogP contribution in [0, 0.1) is 0 Å². The van der Waals surface area contributed by atoms with E-state index in [2.05, 4.69) is 10.5 Å². The number of nitrogens with zero attached hydrogens (tertiary/aromatic N) is 1. The fraction of sp³-hybridized carbons (Fsp3) is 0.900. The third-order valence-electron chi connectivity index (χ3n) is 3.01. The molecule has 2 unspecified atom stereocenters. The van der Waals surface area contributed by atoms with Crippen molar-refractivity contribution in [3.63, 3.8) is 0 Å². The van der Waals surface area contributed by atoms with Gasteiger partial charge in [0.1, 0.15) is 6.10 Å². The Balaban J connectivity index is 2.13. The molecular formula is C10H21N3O4S. The summed E-state index contributed by atoms with van der Waals surface area (Å²) in [7, 11) is -2.88. The molecule has 18 heavy (non-hydrogen) atoms. The van der Waals surface area contributed by atoms with Crippen LogP contribution < -0.4 is 11.1 Å². The summed E-state index contributed by atoms with van der Waals surface area (Å²) < 4.78 is 28.3. The van der Waals surface area contributed by atoms with Crippen molar-refractivity contribution in [2.75, 3.05) is 25.4 Å². The van der Waals surface area contributed by atoms with Gasteiger partial charge in [0.05, 0.1) is 17.6 Å². The Hall–Kier alpha value is -0.860. The molecule has 0 spiro atoms. The molecule has 7 nitrogen and oxygen atoms in total. The summed E-state index contributed by atoms with van der Waals surface area (Å²) in [5.41, 5.74) is 5.34. The van der Waals surface area contributed by atoms with Gasteiger partial charge in [-0.25, -0.2) is 8.42 Å². The lowest BCUT2D eigenvalue weighted by atomic mass is 10.2. The third-order valence-corrected chi connectivity index (χ3v) is 5.29. The Morgan fingerprint density at radius 3 is 2.94 bits per heavy atom. The minimum atomic E-state index is -2.88. The lowest BCUT2D eigenvalue weighted by molar-refractivity contribution is 0.108. The summed E-state index contributed by atoms with van der Waals surface area (Å²) in [6, 6.07) is 0. The Kier molecular flexibility index (Phi) is 5.83. The maximum atomic E-state index is 11.5. The first kappa shape index (κ1) is 15.2. The van der Waals surface area contributed by atoms with Crippen molar-refractivity contribution < 1.29 is 18.4 Å². The van der Waals surface area contributed by atoms with Crippen molar-refractivity contribution in [3.8, 4) is 0 Å². The summed E-state index contributed by atoms with van der Waals surface area (Å²) in [6.07, 6.45) is 1.04. The number of sulfone groups is 1. The molecule has 0 saturated carbocycles. The maximum Gasteiger partial charge on any atom is 0.168 e. The second-order valence-electron chi connectivity index (χ2n) is 4.37. The van der Waals surface area contributed by atoms with Gasteiger partial charge in [0, 0.05) is 13.1 Å². The van der Waals surface area contributed by atoms with Gasteiger partial charge in [-0.1, -0.05) is 5.16 Å². The van der Waals surface area contributed by atoms with Crippen LogP contribution in [0.25, 0.3) is 0 Å². The van der Waals surface area contributed by atoms with E-state index in [1.165, 1.54) is 0 Å². The van der Waals surface area contributed by atoms with Gasteiger partial charge in [-0.2, -0.15) is 0 Å². The first-order valence-corrected chi connectivity index (χ1v) is 7.70. The molecule has 1 saturated heterocycles. The van der Waals surface area contributed by atoms with E-state index in [1.807, 2.05) is 0 Å². The highest BCUT2D eigenvalue weighted by molar-refractivity contribution is 7.92. The topological polar surface area (TPSA) is 114 Å². The van der Waals surface area contributed by atoms with Gasteiger partial charge in [0.25, 0.3) is 0 Å². The van der Waals surface area contributed by atoms with Crippen LogP contribution in [-0.4, -0.2) is 56.3 Å². The molecule has 106 valence electrons. The largest absolute Gasteiger partial charge is 0.409 e. The van der Waals surface area contributed by atoms with E-state index in [9.17, 15) is 8.42 Å². The molecule has 0 aromatic rings. The van der Waals surface area contributed by atoms with Gasteiger partial charge in [-0.05, 0) is 19.8 Å². The van der Waals surface area contributed by atoms with Gasteiger partial charge in [0.15, 0.2) is 15.7 Å². The van der Waals surface area contributed by atoms with Gasteiger partial charge in [0.2, 0.25) is 0 Å². The molecule has 0 aromatic carbocycles. The zero-order valence-electron chi connectivity index (χ0n) is 10.5. The van der Waals surface area contributed by atoms with Crippen LogP contribution in [0.5, 0.6) is 0 Å². The van der Waals surface area contributed by atoms with Gasteiger partial charge in [-0.3, -0.25) is 0 Å². The standard InChI is InChI=1S/C10H21N3O4S/c1-8(10(11)13-14)17-5-4-12-7-9-3-2-6-18(9,15)16/h8-9,12,14H,2-7H2,1H3,(H2,11,13). The van der Waals surface area contributed by atoms with E-state index in [1.54, 1.807) is 6.92 Å². The first-order valence-electron chi connectivity index (χ1n) is 5.98. The minimum Gasteiger partial charge on any atom is -0.409 e. The Morgan fingerprint density at radius 2 is 2.39 bits per heavy atom. The normalized spacial score (nSPS) is 25.2. The van der Waals surface area contributed by atoms with Gasteiger partial charge in [-0.15, -0.1) is 0 Å². The van der Waals surface area contributed by atoms with E-state index >= 15 is 0 Å². The molecule has 1 aliphatic heterocycles. The van der Waals surface area contributed by atoms with Crippen LogP contribution in [0.1, 0.15) is 19.8 Å². The number of rotatable bonds is 7. The number of hydrogen-bond acceptors (Lipinski definition) is 6. The molecule has 0 bridgehead atoms. The molecule has 0 amide bonds. The van der Waals surface area contributed by atoms with E-state index in [4.69, 9.17) is 15.7 Å². The lowest BCUT2D eigenvalue weighted by Gasteiger charge is -2.13. The molecule has 0 radical (unpaired) electrons. The molecule has 1 aliphatic rings. The lowest BCUT2D eigenvalue weighted by Crippen LogP contribution is -2.35. The molecule has 0 aromatic heterocycles. The Bertz CT molecular complexity index is 383. The van der Waals surface area contributed by atoms with Crippen LogP contribution in [0.15, 0.2) is 5.16 Å². The van der Waals surface area contributed by atoms with Crippen molar-refractivity contribution in [1.82, 2.24) is 5.32 Å². The van der Waals surface area contributed by atoms with Crippen molar-refractivity contribution in [1.29, 1.82) is 0 Å². The van der Waals surface area contributed by atoms with Crippen LogP contribution in [0.2, 0.25) is 0 Å². The predicted octanol–water partition coefficient (Wildman–Crippen LogP) is -0.695. The Morgan fingerprint density at radius 1 is 1.67 bits per heavy atom. The second kappa shape index (κ2) is 6.91. The van der Waals surface area contributed by atoms with Gasteiger partial charge >= 0.3 is 0 Å². The third kappa shape index (κ3) is 4.43. The summed E-state index contributed by atoms with van der Waals surface area (Å²) in [5, 5.41) is 14.0. The monoisotopic (exact) mass is 279 g/mol. The average molecular weight is 279 g/mol. The molecular weight excluding hydrogens is 258 g/mol. The van der Waals surface area contributed by atoms with Crippen LogP contribution >= 0.6 is 0 Å². The van der Waals surface area contributed by atoms with E-state index in [0.29, 0.717) is 25.4 Å². The SMILES string of the molecule is CC(OCCNCC1CCCS1(=O)=O)C(N)=NO. The maximum absolute atomic E-state index is 11.5. The molecule has 1 fully saturated rings. The highest BCUT2D eigenvalue weighted by Crippen LogP contribution is 2.18. The molecule has 8 heteroatoms. The number of ether oxygens (including phenoxy) is 1. The second-order valence-corrected chi connectivity index (χ2v) is 6.77. The van der Waals surface area contributed by atoms with Crippen molar-refractivity contribution in [2.24, 2.45) is 10.9 Å². The van der Waals surface area contributed by atoms with E-state index in [-0.39, 0.29) is 11.1 Å². The minimum absolute atomic E-state index is 0.0216. The first-order chi connectivity index (χ1) is 8.47. The van der Waals surface area contributed by atoms with Crippen LogP contribution in [0.3, 0.4) is 0 Å². The summed E-state index contributed by atoms with van der Waals surface area (Å²) in [4.78, 5) is 0. The molecule has 4 N–H and O–H groups in total. The van der Waals surface area contributed by atoms with Crippen LogP contribution in [0.4, 0.5) is 0 Å². The molecule has 1 rings (SSSR count). The predicted molar refractivity (Wildman–Crippen MR) is 68.5 cm³/mol. The number of oxime groups is 1. The van der Waals surface area contributed by atoms with Crippen LogP contribution in [-0.2, 0) is 14.6 Å². The zero-order chi connectivity index (χ0) is 13.6. The van der Waals surface area contributed by atoms with Crippen molar-refractivity contribution >= 4 is 15.7 Å². The molecule has 0 aliphatic carbocycles. The fourth-order valence-electron chi connectivity index (χ4n) is 1.83. The smallest absolute Gasteiger partial charge is 0.168 e. The van der Waals surface area contributed by atoms with Crippen molar-refractivity contribution in [2.45, 2.75) is 31.1 Å². The number of nitrogens with one attached hydrogen (secondary N) is 1. The van der Waals surface area contributed by atoms with Crippen molar-refractivity contribution in [3.05, 3.63) is 0 Å². The zero-order valence-corrected chi connectivity index (χ0v) is 11.3. The molecule has 1 heterocycles. The Labute approximate surface area is 107 Å². The summed E-state index contributed by atoms with van der Waals surface area (Å²) in [6.45, 7) is 3.05. The quantitative estimate of drug-likeness (QED) is 0.187. The fourth-order valence-corrected chi connectivity index (χ4v) is 3.62. The number of nitrogens with two attached hydrogens (primary N) is 1. The average Bonchev–Trinajstić information content (AvgIpc) is 2.67.